The maximum Gasteiger partial charge on any atom is 0.425 e. The Morgan fingerprint density at radius 1 is 0.833 bits per heavy atom. The molecule has 0 aromatic carbocycles. The summed E-state index contributed by atoms with van der Waals surface area (Å²) in [5.41, 5.74) is 0. The normalized spacial score (nSPS) is 38.2. The van der Waals surface area contributed by atoms with Crippen LogP contribution in [0.4, 0.5) is 25.2 Å². The predicted molar refractivity (Wildman–Crippen MR) is 61.6 cm³/mol. The molecule has 0 aromatic heterocycles. The third-order valence-electron chi connectivity index (χ3n) is 1.27. The van der Waals surface area contributed by atoms with E-state index < -0.39 is 37.5 Å². The van der Waals surface area contributed by atoms with Crippen LogP contribution in [0.3, 0.4) is 0 Å². The molecule has 0 fully saturated rings. The fourth-order valence-corrected chi connectivity index (χ4v) is 8.83. The second-order valence-electron chi connectivity index (χ2n) is 2.97. The Balaban J connectivity index is 3.63. The summed E-state index contributed by atoms with van der Waals surface area (Å²) in [6.45, 7) is 1.33. The smallest absolute Gasteiger partial charge is 0.303 e. The molecule has 5 nitrogen and oxygen atoms in total. The number of hydrogen-bond acceptors (Lipinski definition) is 5. The standard InChI is InChI=1S/C3H8F6N4OP4/c1-3-14-18(9)11-15(2,4)10-16(5,6)12-17(7,8)13-18/h3H2,1-2H3. The minimum Gasteiger partial charge on any atom is -0.303 e. The Morgan fingerprint density at radius 2 is 1.33 bits per heavy atom. The molecule has 108 valence electrons. The van der Waals surface area contributed by atoms with E-state index in [4.69, 9.17) is 0 Å². The predicted octanol–water partition coefficient (Wildman–Crippen LogP) is 7.35. The third-order valence-corrected chi connectivity index (χ3v) is 9.68. The molecular weight excluding hydrogens is 346 g/mol. The van der Waals surface area contributed by atoms with E-state index in [0.29, 0.717) is 6.66 Å². The van der Waals surface area contributed by atoms with E-state index in [1.54, 1.807) is 0 Å². The summed E-state index contributed by atoms with van der Waals surface area (Å²) in [4.78, 5) is 0. The molecule has 2 unspecified atom stereocenters. The van der Waals surface area contributed by atoms with Gasteiger partial charge in [-0.2, -0.15) is 17.4 Å². The van der Waals surface area contributed by atoms with E-state index in [1.807, 2.05) is 4.52 Å². The average Bonchev–Trinajstić information content (AvgIpc) is 1.91. The van der Waals surface area contributed by atoms with Crippen LogP contribution in [0.15, 0.2) is 18.1 Å². The van der Waals surface area contributed by atoms with Crippen molar-refractivity contribution < 1.29 is 29.7 Å². The molecule has 15 heteroatoms. The lowest BCUT2D eigenvalue weighted by atomic mass is 10.9. The van der Waals surface area contributed by atoms with Crippen molar-refractivity contribution in [3.63, 3.8) is 0 Å². The van der Waals surface area contributed by atoms with Crippen molar-refractivity contribution in [2.24, 2.45) is 18.1 Å². The van der Waals surface area contributed by atoms with Crippen molar-refractivity contribution in [1.29, 1.82) is 0 Å². The molecule has 0 amide bonds. The molecule has 0 aromatic rings. The Labute approximate surface area is 99.6 Å². The first kappa shape index (κ1) is 16.5. The highest BCUT2D eigenvalue weighted by molar-refractivity contribution is 7.79. The number of halogens is 6. The van der Waals surface area contributed by atoms with Gasteiger partial charge in [0.1, 0.15) is 0 Å². The summed E-state index contributed by atoms with van der Waals surface area (Å²) < 4.78 is 92.4. The highest BCUT2D eigenvalue weighted by Gasteiger charge is 2.37. The first-order valence-corrected chi connectivity index (χ1v) is 10.7. The summed E-state index contributed by atoms with van der Waals surface area (Å²) in [6.07, 6.45) is 0. The molecule has 0 saturated carbocycles. The van der Waals surface area contributed by atoms with Crippen LogP contribution in [0.2, 0.25) is 0 Å². The SMILES string of the molecule is CCOP1(F)=NP(F)(F)=NP(F)(F)=NP(C)(F)=N1. The van der Waals surface area contributed by atoms with Gasteiger partial charge >= 0.3 is 23.4 Å². The summed E-state index contributed by atoms with van der Waals surface area (Å²) in [5.74, 6) is 0. The molecule has 18 heavy (non-hydrogen) atoms. The minimum atomic E-state index is -5.97. The number of hydrogen-bond donors (Lipinski definition) is 0. The van der Waals surface area contributed by atoms with Gasteiger partial charge in [0, 0.05) is 6.66 Å². The van der Waals surface area contributed by atoms with Crippen LogP contribution in [0.1, 0.15) is 6.92 Å². The molecule has 0 saturated heterocycles. The van der Waals surface area contributed by atoms with Crippen LogP contribution < -0.4 is 0 Å². The molecule has 0 spiro atoms. The highest BCUT2D eigenvalue weighted by Crippen LogP contribution is 2.81. The van der Waals surface area contributed by atoms with Gasteiger partial charge < -0.3 is 4.52 Å². The van der Waals surface area contributed by atoms with Gasteiger partial charge in [0.2, 0.25) is 7.52 Å². The van der Waals surface area contributed by atoms with E-state index in [9.17, 15) is 25.2 Å². The zero-order valence-corrected chi connectivity index (χ0v) is 12.5. The number of rotatable bonds is 2. The second-order valence-corrected chi connectivity index (χ2v) is 10.5. The van der Waals surface area contributed by atoms with Crippen molar-refractivity contribution in [3.8, 4) is 0 Å². The van der Waals surface area contributed by atoms with Crippen molar-refractivity contribution in [2.45, 2.75) is 6.92 Å². The lowest BCUT2D eigenvalue weighted by Crippen LogP contribution is -1.83. The third kappa shape index (κ3) is 4.86. The Bertz CT molecular complexity index is 551. The summed E-state index contributed by atoms with van der Waals surface area (Å²) >= 11 is 0. The van der Waals surface area contributed by atoms with Gasteiger partial charge in [-0.15, -0.1) is 25.8 Å². The molecule has 1 aliphatic heterocycles. The molecular formula is C3H8F6N4OP4. The van der Waals surface area contributed by atoms with Gasteiger partial charge in [-0.25, -0.2) is 0 Å². The lowest BCUT2D eigenvalue weighted by Gasteiger charge is -2.16. The Kier molecular flexibility index (Phi) is 4.68. The summed E-state index contributed by atoms with van der Waals surface area (Å²) in [5, 5.41) is 0. The van der Waals surface area contributed by atoms with Crippen LogP contribution >= 0.6 is 30.9 Å². The van der Waals surface area contributed by atoms with E-state index in [-0.39, 0.29) is 0 Å². The molecule has 0 bridgehead atoms. The van der Waals surface area contributed by atoms with E-state index in [2.05, 4.69) is 18.1 Å². The fourth-order valence-electron chi connectivity index (χ4n) is 0.947. The van der Waals surface area contributed by atoms with Crippen molar-refractivity contribution in [3.05, 3.63) is 0 Å². The molecule has 0 aliphatic carbocycles. The van der Waals surface area contributed by atoms with E-state index in [0.717, 1.165) is 0 Å². The molecule has 0 N–H and O–H groups in total. The van der Waals surface area contributed by atoms with Crippen LogP contribution in [-0.4, -0.2) is 13.3 Å². The topological polar surface area (TPSA) is 58.7 Å². The maximum absolute atomic E-state index is 13.8. The van der Waals surface area contributed by atoms with Gasteiger partial charge in [-0.3, -0.25) is 0 Å². The Hall–Kier alpha value is 0.460. The van der Waals surface area contributed by atoms with Crippen molar-refractivity contribution >= 4 is 30.9 Å². The average molecular weight is 354 g/mol. The first-order valence-electron chi connectivity index (χ1n) is 4.24. The van der Waals surface area contributed by atoms with Crippen LogP contribution in [0.5, 0.6) is 0 Å². The van der Waals surface area contributed by atoms with Gasteiger partial charge in [0.15, 0.2) is 0 Å². The second kappa shape index (κ2) is 5.10. The van der Waals surface area contributed by atoms with Crippen LogP contribution in [-0.2, 0) is 4.52 Å². The molecule has 1 heterocycles. The monoisotopic (exact) mass is 354 g/mol. The molecule has 1 aliphatic rings. The minimum absolute atomic E-state index is 0.414. The van der Waals surface area contributed by atoms with Crippen molar-refractivity contribution in [2.75, 3.05) is 13.3 Å². The maximum atomic E-state index is 13.8. The highest BCUT2D eigenvalue weighted by atomic mass is 31.3. The fraction of sp³-hybridized carbons (Fsp3) is 1.00. The first-order chi connectivity index (χ1) is 7.89. The quantitative estimate of drug-likeness (QED) is 0.378. The molecule has 1 rings (SSSR count). The van der Waals surface area contributed by atoms with E-state index in [1.165, 1.54) is 6.92 Å². The number of nitrogens with zero attached hydrogens (tertiary/aromatic N) is 4. The largest absolute Gasteiger partial charge is 0.425 e. The van der Waals surface area contributed by atoms with Crippen LogP contribution in [0, 0.1) is 0 Å². The van der Waals surface area contributed by atoms with E-state index >= 15 is 0 Å². The zero-order valence-electron chi connectivity index (χ0n) is 8.96. The lowest BCUT2D eigenvalue weighted by molar-refractivity contribution is 0.348. The van der Waals surface area contributed by atoms with Gasteiger partial charge in [-0.05, 0) is 6.92 Å². The van der Waals surface area contributed by atoms with Gasteiger partial charge in [0.25, 0.3) is 0 Å². The van der Waals surface area contributed by atoms with Gasteiger partial charge in [-0.1, -0.05) is 0 Å². The molecule has 0 radical (unpaired) electrons. The van der Waals surface area contributed by atoms with Crippen LogP contribution in [0.25, 0.3) is 0 Å². The zero-order chi connectivity index (χ0) is 14.2. The van der Waals surface area contributed by atoms with Gasteiger partial charge in [0.05, 0.1) is 6.61 Å². The molecule has 2 atom stereocenters. The van der Waals surface area contributed by atoms with Crippen molar-refractivity contribution in [1.82, 2.24) is 0 Å². The summed E-state index contributed by atoms with van der Waals surface area (Å²) in [6, 6.07) is 0. The Morgan fingerprint density at radius 3 is 1.83 bits per heavy atom. The summed E-state index contributed by atoms with van der Waals surface area (Å²) in [7, 11) is -21.5.